The highest BCUT2D eigenvalue weighted by molar-refractivity contribution is 5.84. The Kier molecular flexibility index (Phi) is 5.43. The number of anilines is 1. The summed E-state index contributed by atoms with van der Waals surface area (Å²) in [6.07, 6.45) is 6.65. The van der Waals surface area contributed by atoms with E-state index in [0.717, 1.165) is 24.9 Å². The summed E-state index contributed by atoms with van der Waals surface area (Å²) in [7, 11) is 0. The number of amides is 1. The highest BCUT2D eigenvalue weighted by Crippen LogP contribution is 2.55. The third kappa shape index (κ3) is 3.94. The third-order valence-electron chi connectivity index (χ3n) is 6.91. The largest absolute Gasteiger partial charge is 0.445 e. The van der Waals surface area contributed by atoms with Crippen molar-refractivity contribution < 1.29 is 9.53 Å². The van der Waals surface area contributed by atoms with E-state index in [2.05, 4.69) is 61.6 Å². The monoisotopic (exact) mass is 377 g/mol. The molecule has 0 aliphatic heterocycles. The van der Waals surface area contributed by atoms with Crippen LogP contribution in [0.3, 0.4) is 0 Å². The van der Waals surface area contributed by atoms with Crippen molar-refractivity contribution in [3.8, 4) is 0 Å². The van der Waals surface area contributed by atoms with Crippen LogP contribution in [-0.4, -0.2) is 12.2 Å². The fourth-order valence-electron chi connectivity index (χ4n) is 4.91. The van der Waals surface area contributed by atoms with Crippen LogP contribution in [0.25, 0.3) is 0 Å². The summed E-state index contributed by atoms with van der Waals surface area (Å²) in [6.45, 7) is 4.33. The first-order chi connectivity index (χ1) is 13.6. The number of hydrogen-bond acceptors (Lipinski definition) is 2. The summed E-state index contributed by atoms with van der Waals surface area (Å²) in [4.78, 5) is 12.4. The normalized spacial score (nSPS) is 26.7. The van der Waals surface area contributed by atoms with Crippen LogP contribution in [0.2, 0.25) is 0 Å². The van der Waals surface area contributed by atoms with Crippen LogP contribution in [0, 0.1) is 5.41 Å². The molecule has 2 fully saturated rings. The van der Waals surface area contributed by atoms with Gasteiger partial charge in [0.1, 0.15) is 6.10 Å². The van der Waals surface area contributed by atoms with Gasteiger partial charge >= 0.3 is 6.09 Å². The van der Waals surface area contributed by atoms with Crippen LogP contribution in [0.5, 0.6) is 0 Å². The lowest BCUT2D eigenvalue weighted by atomic mass is 9.56. The Morgan fingerprint density at radius 3 is 2.18 bits per heavy atom. The van der Waals surface area contributed by atoms with Gasteiger partial charge in [0.2, 0.25) is 0 Å². The first-order valence-corrected chi connectivity index (χ1v) is 10.7. The van der Waals surface area contributed by atoms with Crippen LogP contribution in [-0.2, 0) is 4.74 Å². The molecular weight excluding hydrogens is 346 g/mol. The van der Waals surface area contributed by atoms with Crippen molar-refractivity contribution in [1.29, 1.82) is 0 Å². The average Bonchev–Trinajstić information content (AvgIpc) is 2.72. The molecule has 1 unspecified atom stereocenters. The molecule has 0 radical (unpaired) electrons. The van der Waals surface area contributed by atoms with Crippen LogP contribution in [0.1, 0.15) is 75.3 Å². The van der Waals surface area contributed by atoms with Crippen LogP contribution >= 0.6 is 0 Å². The molecule has 1 N–H and O–H groups in total. The van der Waals surface area contributed by atoms with Crippen LogP contribution in [0.4, 0.5) is 10.5 Å². The lowest BCUT2D eigenvalue weighted by Crippen LogP contribution is -2.49. The van der Waals surface area contributed by atoms with Crippen molar-refractivity contribution in [2.45, 2.75) is 70.3 Å². The summed E-state index contributed by atoms with van der Waals surface area (Å²) in [5, 5.41) is 2.90. The standard InChI is InChI=1S/C25H31NO2/c1-18(2)19-8-10-22(11-9-19)26-24(27)28-23-14-17-25(23)15-12-21(13-16-25)20-6-4-3-5-7-20/h3-11,18,21,23H,12-17H2,1-2H3,(H,26,27). The molecule has 3 nitrogen and oxygen atoms in total. The molecule has 28 heavy (non-hydrogen) atoms. The zero-order valence-corrected chi connectivity index (χ0v) is 17.0. The first kappa shape index (κ1) is 19.0. The maximum Gasteiger partial charge on any atom is 0.411 e. The number of rotatable bonds is 4. The van der Waals surface area contributed by atoms with Gasteiger partial charge in [0.15, 0.2) is 0 Å². The zero-order chi connectivity index (χ0) is 19.6. The van der Waals surface area contributed by atoms with E-state index in [4.69, 9.17) is 4.74 Å². The van der Waals surface area contributed by atoms with Gasteiger partial charge in [0.05, 0.1) is 0 Å². The second kappa shape index (κ2) is 7.98. The summed E-state index contributed by atoms with van der Waals surface area (Å²) >= 11 is 0. The van der Waals surface area contributed by atoms with E-state index < -0.39 is 0 Å². The van der Waals surface area contributed by atoms with E-state index in [1.807, 2.05) is 12.1 Å². The molecule has 3 heteroatoms. The van der Waals surface area contributed by atoms with Gasteiger partial charge < -0.3 is 4.74 Å². The van der Waals surface area contributed by atoms with E-state index in [1.165, 1.54) is 30.4 Å². The van der Waals surface area contributed by atoms with Crippen molar-refractivity contribution in [3.63, 3.8) is 0 Å². The number of hydrogen-bond donors (Lipinski definition) is 1. The number of nitrogens with one attached hydrogen (secondary N) is 1. The molecule has 4 rings (SSSR count). The fourth-order valence-corrected chi connectivity index (χ4v) is 4.91. The van der Waals surface area contributed by atoms with Gasteiger partial charge in [0, 0.05) is 11.1 Å². The topological polar surface area (TPSA) is 38.3 Å². The molecule has 1 amide bonds. The summed E-state index contributed by atoms with van der Waals surface area (Å²) in [5.74, 6) is 1.14. The molecule has 148 valence electrons. The first-order valence-electron chi connectivity index (χ1n) is 10.7. The summed E-state index contributed by atoms with van der Waals surface area (Å²) in [5.41, 5.74) is 3.74. The Bertz CT molecular complexity index is 789. The van der Waals surface area contributed by atoms with Gasteiger partial charge in [-0.1, -0.05) is 56.3 Å². The van der Waals surface area contributed by atoms with Gasteiger partial charge in [-0.25, -0.2) is 4.79 Å². The minimum Gasteiger partial charge on any atom is -0.445 e. The molecule has 2 saturated carbocycles. The Hall–Kier alpha value is -2.29. The Labute approximate surface area is 168 Å². The Morgan fingerprint density at radius 1 is 0.964 bits per heavy atom. The lowest BCUT2D eigenvalue weighted by Gasteiger charge is -2.52. The minimum atomic E-state index is -0.313. The number of carbonyl (C=O) groups is 1. The quantitative estimate of drug-likeness (QED) is 0.631. The summed E-state index contributed by atoms with van der Waals surface area (Å²) in [6, 6.07) is 18.9. The molecule has 1 spiro atoms. The smallest absolute Gasteiger partial charge is 0.411 e. The van der Waals surface area contributed by atoms with Crippen molar-refractivity contribution >= 4 is 11.8 Å². The number of benzene rings is 2. The molecule has 0 aromatic heterocycles. The van der Waals surface area contributed by atoms with Gasteiger partial charge in [-0.2, -0.15) is 0 Å². The van der Waals surface area contributed by atoms with Crippen molar-refractivity contribution in [2.24, 2.45) is 5.41 Å². The van der Waals surface area contributed by atoms with E-state index in [0.29, 0.717) is 11.8 Å². The molecular formula is C25H31NO2. The molecule has 1 atom stereocenters. The number of carbonyl (C=O) groups excluding carboxylic acids is 1. The molecule has 0 bridgehead atoms. The fraction of sp³-hybridized carbons (Fsp3) is 0.480. The van der Waals surface area contributed by atoms with Crippen molar-refractivity contribution in [1.82, 2.24) is 0 Å². The van der Waals surface area contributed by atoms with Crippen LogP contribution < -0.4 is 5.32 Å². The van der Waals surface area contributed by atoms with E-state index in [1.54, 1.807) is 0 Å². The summed E-state index contributed by atoms with van der Waals surface area (Å²) < 4.78 is 5.85. The highest BCUT2D eigenvalue weighted by atomic mass is 16.6. The van der Waals surface area contributed by atoms with Gasteiger partial charge in [-0.15, -0.1) is 0 Å². The predicted octanol–water partition coefficient (Wildman–Crippen LogP) is 6.87. The molecule has 2 aliphatic carbocycles. The second-order valence-corrected chi connectivity index (χ2v) is 8.88. The zero-order valence-electron chi connectivity index (χ0n) is 17.0. The molecule has 2 aromatic rings. The van der Waals surface area contributed by atoms with Crippen LogP contribution in [0.15, 0.2) is 54.6 Å². The van der Waals surface area contributed by atoms with Gasteiger partial charge in [-0.3, -0.25) is 5.32 Å². The minimum absolute atomic E-state index is 0.0687. The van der Waals surface area contributed by atoms with Gasteiger partial charge in [0.25, 0.3) is 0 Å². The predicted molar refractivity (Wildman–Crippen MR) is 114 cm³/mol. The third-order valence-corrected chi connectivity index (χ3v) is 6.91. The number of ether oxygens (including phenoxy) is 1. The molecule has 0 saturated heterocycles. The molecule has 0 heterocycles. The van der Waals surface area contributed by atoms with Crippen molar-refractivity contribution in [2.75, 3.05) is 5.32 Å². The van der Waals surface area contributed by atoms with E-state index in [9.17, 15) is 4.79 Å². The lowest BCUT2D eigenvalue weighted by molar-refractivity contribution is -0.0915. The highest BCUT2D eigenvalue weighted by Gasteiger charge is 2.50. The Morgan fingerprint density at radius 2 is 1.61 bits per heavy atom. The molecule has 2 aliphatic rings. The SMILES string of the molecule is CC(C)c1ccc(NC(=O)OC2CCC23CCC(c2ccccc2)CC3)cc1. The molecule has 2 aromatic carbocycles. The van der Waals surface area contributed by atoms with Gasteiger partial charge in [-0.05, 0) is 73.6 Å². The Balaban J connectivity index is 1.30. The average molecular weight is 378 g/mol. The van der Waals surface area contributed by atoms with Crippen molar-refractivity contribution in [3.05, 3.63) is 65.7 Å². The maximum atomic E-state index is 12.4. The van der Waals surface area contributed by atoms with E-state index >= 15 is 0 Å². The second-order valence-electron chi connectivity index (χ2n) is 8.88. The maximum absolute atomic E-state index is 12.4. The van der Waals surface area contributed by atoms with E-state index in [-0.39, 0.29) is 17.6 Å².